The normalized spacial score (nSPS) is 22.3. The van der Waals surface area contributed by atoms with Crippen LogP contribution in [0.4, 0.5) is 4.79 Å². The Bertz CT molecular complexity index is 547. The molecule has 0 spiro atoms. The zero-order chi connectivity index (χ0) is 18.3. The first-order valence-electron chi connectivity index (χ1n) is 7.63. The molecule has 7 nitrogen and oxygen atoms in total. The van der Waals surface area contributed by atoms with E-state index in [9.17, 15) is 13.2 Å². The molecule has 0 radical (unpaired) electrons. The van der Waals surface area contributed by atoms with Crippen LogP contribution in [0.25, 0.3) is 0 Å². The van der Waals surface area contributed by atoms with Crippen LogP contribution < -0.4 is 0 Å². The van der Waals surface area contributed by atoms with Crippen LogP contribution in [0.3, 0.4) is 0 Å². The molecule has 0 aromatic carbocycles. The lowest BCUT2D eigenvalue weighted by Crippen LogP contribution is -2.43. The Morgan fingerprint density at radius 2 is 1.74 bits per heavy atom. The highest BCUT2D eigenvalue weighted by atomic mass is 32.2. The number of nitrogens with zero attached hydrogens (tertiary/aromatic N) is 1. The summed E-state index contributed by atoms with van der Waals surface area (Å²) < 4.78 is 40.7. The predicted octanol–water partition coefficient (Wildman–Crippen LogP) is 2.89. The fourth-order valence-corrected chi connectivity index (χ4v) is 3.78. The number of ether oxygens (including phenoxy) is 1. The van der Waals surface area contributed by atoms with Crippen LogP contribution in [-0.2, 0) is 23.7 Å². The molecular weight excluding hydrogens is 338 g/mol. The van der Waals surface area contributed by atoms with Crippen molar-refractivity contribution < 1.29 is 26.6 Å². The van der Waals surface area contributed by atoms with Crippen LogP contribution in [0.15, 0.2) is 0 Å². The number of amides is 1. The molecule has 0 bridgehead atoms. The van der Waals surface area contributed by atoms with Crippen molar-refractivity contribution in [2.24, 2.45) is 0 Å². The van der Waals surface area contributed by atoms with Gasteiger partial charge in [0.2, 0.25) is 0 Å². The highest BCUT2D eigenvalue weighted by Gasteiger charge is 2.44. The van der Waals surface area contributed by atoms with Gasteiger partial charge in [-0.2, -0.15) is 12.7 Å². The van der Waals surface area contributed by atoms with Crippen LogP contribution in [0.1, 0.15) is 41.5 Å². The summed E-state index contributed by atoms with van der Waals surface area (Å²) in [7, 11) is -6.13. The Kier molecular flexibility index (Phi) is 5.63. The molecule has 0 aromatic rings. The Balaban J connectivity index is 2.73. The van der Waals surface area contributed by atoms with Crippen LogP contribution in [0, 0.1) is 0 Å². The van der Waals surface area contributed by atoms with Crippen LogP contribution in [-0.4, -0.2) is 52.0 Å². The minimum absolute atomic E-state index is 0.00926. The number of carbonyl (C=O) groups is 1. The molecule has 1 saturated heterocycles. The molecule has 9 heteroatoms. The summed E-state index contributed by atoms with van der Waals surface area (Å²) in [5.74, 6) is 0. The maximum absolute atomic E-state index is 12.0. The Morgan fingerprint density at radius 1 is 1.22 bits per heavy atom. The average molecular weight is 368 g/mol. The van der Waals surface area contributed by atoms with E-state index in [-0.39, 0.29) is 18.2 Å². The molecule has 0 unspecified atom stereocenters. The maximum atomic E-state index is 12.0. The molecular formula is C14H29NO6SSi. The van der Waals surface area contributed by atoms with Gasteiger partial charge in [-0.25, -0.2) is 8.98 Å². The van der Waals surface area contributed by atoms with Gasteiger partial charge in [0.1, 0.15) is 11.7 Å². The molecule has 1 amide bonds. The zero-order valence-corrected chi connectivity index (χ0v) is 17.1. The fourth-order valence-electron chi connectivity index (χ4n) is 1.61. The number of hydrogen-bond acceptors (Lipinski definition) is 6. The number of carbonyl (C=O) groups excluding carboxylic acids is 1. The Labute approximate surface area is 140 Å². The first kappa shape index (κ1) is 20.4. The van der Waals surface area contributed by atoms with Crippen molar-refractivity contribution in [2.45, 2.75) is 71.4 Å². The third-order valence-corrected chi connectivity index (χ3v) is 9.78. The van der Waals surface area contributed by atoms with E-state index in [2.05, 4.69) is 33.9 Å². The van der Waals surface area contributed by atoms with Crippen molar-refractivity contribution in [3.63, 3.8) is 0 Å². The van der Waals surface area contributed by atoms with E-state index in [0.29, 0.717) is 4.31 Å². The van der Waals surface area contributed by atoms with E-state index in [4.69, 9.17) is 13.3 Å². The minimum Gasteiger partial charge on any atom is -0.443 e. The molecule has 0 saturated carbocycles. The van der Waals surface area contributed by atoms with E-state index in [1.54, 1.807) is 20.8 Å². The van der Waals surface area contributed by atoms with Gasteiger partial charge in [-0.1, -0.05) is 20.8 Å². The predicted molar refractivity (Wildman–Crippen MR) is 89.9 cm³/mol. The second kappa shape index (κ2) is 6.34. The SMILES string of the molecule is CC(C)(C)OC(=O)N1C[C@@H](CO[Si](C)(C)C(C)(C)C)OS1(=O)=O. The second-order valence-corrected chi connectivity index (χ2v) is 14.6. The van der Waals surface area contributed by atoms with Gasteiger partial charge in [0.25, 0.3) is 0 Å². The van der Waals surface area contributed by atoms with Gasteiger partial charge in [0.05, 0.1) is 13.2 Å². The second-order valence-electron chi connectivity index (χ2n) is 8.26. The molecule has 1 aliphatic rings. The molecule has 1 fully saturated rings. The largest absolute Gasteiger partial charge is 0.443 e. The van der Waals surface area contributed by atoms with Gasteiger partial charge in [-0.3, -0.25) is 0 Å². The molecule has 1 atom stereocenters. The summed E-state index contributed by atoms with van der Waals surface area (Å²) in [5, 5.41) is 0.00926. The van der Waals surface area contributed by atoms with E-state index < -0.39 is 36.4 Å². The molecule has 1 heterocycles. The van der Waals surface area contributed by atoms with Crippen molar-refractivity contribution >= 4 is 24.7 Å². The van der Waals surface area contributed by atoms with Gasteiger partial charge in [-0.15, -0.1) is 0 Å². The van der Waals surface area contributed by atoms with Crippen LogP contribution in [0.5, 0.6) is 0 Å². The van der Waals surface area contributed by atoms with Crippen molar-refractivity contribution in [2.75, 3.05) is 13.2 Å². The number of hydrogen-bond donors (Lipinski definition) is 0. The van der Waals surface area contributed by atoms with Gasteiger partial charge in [0, 0.05) is 0 Å². The average Bonchev–Trinajstić information content (AvgIpc) is 2.58. The van der Waals surface area contributed by atoms with Crippen molar-refractivity contribution in [1.82, 2.24) is 4.31 Å². The van der Waals surface area contributed by atoms with Crippen molar-refractivity contribution in [1.29, 1.82) is 0 Å². The smallest absolute Gasteiger partial charge is 0.425 e. The van der Waals surface area contributed by atoms with Gasteiger partial charge in [-0.05, 0) is 38.9 Å². The summed E-state index contributed by atoms with van der Waals surface area (Å²) in [6.07, 6.45) is -1.63. The minimum atomic E-state index is -4.12. The lowest BCUT2D eigenvalue weighted by molar-refractivity contribution is 0.0391. The molecule has 0 aromatic heterocycles. The lowest BCUT2D eigenvalue weighted by atomic mass is 10.2. The molecule has 0 aliphatic carbocycles. The van der Waals surface area contributed by atoms with Crippen molar-refractivity contribution in [3.8, 4) is 0 Å². The van der Waals surface area contributed by atoms with Crippen LogP contribution >= 0.6 is 0 Å². The van der Waals surface area contributed by atoms with E-state index in [1.165, 1.54) is 0 Å². The summed E-state index contributed by atoms with van der Waals surface area (Å²) in [6.45, 7) is 15.5. The standard InChI is InChI=1S/C14H29NO6SSi/c1-13(2,3)20-12(16)15-9-11(21-22(15,17)18)10-19-23(7,8)14(4,5)6/h11H,9-10H2,1-8H3/t11-/m0/s1. The molecule has 136 valence electrons. The van der Waals surface area contributed by atoms with Crippen LogP contribution in [0.2, 0.25) is 18.1 Å². The van der Waals surface area contributed by atoms with E-state index in [1.807, 2.05) is 0 Å². The summed E-state index contributed by atoms with van der Waals surface area (Å²) in [4.78, 5) is 12.0. The molecule has 0 N–H and O–H groups in total. The third kappa shape index (κ3) is 5.44. The third-order valence-electron chi connectivity index (χ3n) is 3.93. The van der Waals surface area contributed by atoms with Gasteiger partial charge in [0.15, 0.2) is 8.32 Å². The Hall–Kier alpha value is -0.643. The van der Waals surface area contributed by atoms with Gasteiger partial charge >= 0.3 is 16.4 Å². The fraction of sp³-hybridized carbons (Fsp3) is 0.929. The van der Waals surface area contributed by atoms with Crippen molar-refractivity contribution in [3.05, 3.63) is 0 Å². The van der Waals surface area contributed by atoms with Gasteiger partial charge < -0.3 is 9.16 Å². The highest BCUT2D eigenvalue weighted by molar-refractivity contribution is 7.85. The summed E-state index contributed by atoms with van der Waals surface area (Å²) >= 11 is 0. The molecule has 1 rings (SSSR count). The summed E-state index contributed by atoms with van der Waals surface area (Å²) in [6, 6.07) is 0. The topological polar surface area (TPSA) is 82.1 Å². The first-order valence-corrected chi connectivity index (χ1v) is 11.9. The lowest BCUT2D eigenvalue weighted by Gasteiger charge is -2.36. The molecule has 23 heavy (non-hydrogen) atoms. The summed E-state index contributed by atoms with van der Waals surface area (Å²) in [5.41, 5.74) is -0.775. The monoisotopic (exact) mass is 367 g/mol. The Morgan fingerprint density at radius 3 is 2.17 bits per heavy atom. The molecule has 1 aliphatic heterocycles. The van der Waals surface area contributed by atoms with E-state index in [0.717, 1.165) is 0 Å². The highest BCUT2D eigenvalue weighted by Crippen LogP contribution is 2.37. The quantitative estimate of drug-likeness (QED) is 0.713. The van der Waals surface area contributed by atoms with E-state index >= 15 is 0 Å². The maximum Gasteiger partial charge on any atom is 0.425 e. The zero-order valence-electron chi connectivity index (χ0n) is 15.3. The first-order chi connectivity index (χ1) is 10.1. The number of rotatable bonds is 3.